The van der Waals surface area contributed by atoms with E-state index in [1.54, 1.807) is 12.3 Å². The van der Waals surface area contributed by atoms with Crippen molar-refractivity contribution in [3.8, 4) is 5.75 Å². The number of carbonyl (C=O) groups excluding carboxylic acids is 1. The second-order valence-electron chi connectivity index (χ2n) is 5.95. The predicted molar refractivity (Wildman–Crippen MR) is 112 cm³/mol. The summed E-state index contributed by atoms with van der Waals surface area (Å²) in [4.78, 5) is 16.3. The van der Waals surface area contributed by atoms with Crippen molar-refractivity contribution >= 4 is 39.4 Å². The second kappa shape index (κ2) is 9.70. The molecule has 0 aliphatic heterocycles. The number of hydrogen-bond acceptors (Lipinski definition) is 6. The number of rotatable bonds is 8. The molecule has 0 saturated carbocycles. The topological polar surface area (TPSA) is 81.9 Å². The van der Waals surface area contributed by atoms with Crippen molar-refractivity contribution in [2.75, 3.05) is 11.1 Å². The third-order valence-corrected chi connectivity index (χ3v) is 5.23. The molecule has 0 saturated heterocycles. The number of carbonyl (C=O) groups is 1. The van der Waals surface area contributed by atoms with Gasteiger partial charge in [-0.2, -0.15) is 0 Å². The minimum atomic E-state index is -0.150. The normalized spacial score (nSPS) is 10.7. The molecule has 3 aromatic rings. The Morgan fingerprint density at radius 3 is 2.86 bits per heavy atom. The van der Waals surface area contributed by atoms with E-state index in [1.165, 1.54) is 11.8 Å². The summed E-state index contributed by atoms with van der Waals surface area (Å²) in [5.74, 6) is 2.10. The van der Waals surface area contributed by atoms with Crippen molar-refractivity contribution in [2.45, 2.75) is 32.2 Å². The number of benzene rings is 1. The molecular formula is C19H20BrN5O2S. The molecule has 9 heteroatoms. The first kappa shape index (κ1) is 20.3. The van der Waals surface area contributed by atoms with Gasteiger partial charge in [0.2, 0.25) is 5.91 Å². The Morgan fingerprint density at radius 1 is 1.29 bits per heavy atom. The first-order chi connectivity index (χ1) is 13.5. The van der Waals surface area contributed by atoms with Gasteiger partial charge in [0, 0.05) is 17.2 Å². The zero-order valence-corrected chi connectivity index (χ0v) is 18.0. The summed E-state index contributed by atoms with van der Waals surface area (Å²) in [6, 6.07) is 11.4. The summed E-state index contributed by atoms with van der Waals surface area (Å²) >= 11 is 4.65. The third kappa shape index (κ3) is 5.56. The fraction of sp³-hybridized carbons (Fsp3) is 0.263. The summed E-state index contributed by atoms with van der Waals surface area (Å²) in [6.07, 6.45) is 1.64. The Labute approximate surface area is 176 Å². The number of thioether (sulfide) groups is 1. The zero-order valence-electron chi connectivity index (χ0n) is 15.6. The lowest BCUT2D eigenvalue weighted by Gasteiger charge is -2.09. The lowest BCUT2D eigenvalue weighted by molar-refractivity contribution is -0.113. The zero-order chi connectivity index (χ0) is 19.9. The summed E-state index contributed by atoms with van der Waals surface area (Å²) in [5.41, 5.74) is 1.14. The fourth-order valence-corrected chi connectivity index (χ4v) is 3.52. The molecule has 1 aromatic carbocycles. The van der Waals surface area contributed by atoms with Gasteiger partial charge >= 0.3 is 0 Å². The summed E-state index contributed by atoms with van der Waals surface area (Å²) in [5, 5.41) is 11.9. The van der Waals surface area contributed by atoms with Crippen LogP contribution in [0.25, 0.3) is 0 Å². The molecule has 3 rings (SSSR count). The van der Waals surface area contributed by atoms with Crippen LogP contribution < -0.4 is 10.1 Å². The van der Waals surface area contributed by atoms with Crippen LogP contribution in [0.4, 0.5) is 5.82 Å². The van der Waals surface area contributed by atoms with Crippen LogP contribution in [-0.2, 0) is 17.9 Å². The Kier molecular flexibility index (Phi) is 7.05. The minimum Gasteiger partial charge on any atom is -0.486 e. The number of nitrogens with one attached hydrogen (secondary N) is 1. The van der Waals surface area contributed by atoms with E-state index in [2.05, 4.69) is 36.4 Å². The summed E-state index contributed by atoms with van der Waals surface area (Å²) in [7, 11) is 0. The molecule has 0 bridgehead atoms. The molecule has 2 heterocycles. The second-order valence-corrected chi connectivity index (χ2v) is 7.80. The van der Waals surface area contributed by atoms with Crippen LogP contribution in [0, 0.1) is 6.92 Å². The molecule has 0 radical (unpaired) electrons. The first-order valence-corrected chi connectivity index (χ1v) is 10.5. The van der Waals surface area contributed by atoms with Crippen LogP contribution in [-0.4, -0.2) is 31.4 Å². The van der Waals surface area contributed by atoms with Crippen molar-refractivity contribution in [1.29, 1.82) is 0 Å². The van der Waals surface area contributed by atoms with Gasteiger partial charge in [-0.05, 0) is 59.6 Å². The Morgan fingerprint density at radius 2 is 2.14 bits per heavy atom. The minimum absolute atomic E-state index is 0.150. The summed E-state index contributed by atoms with van der Waals surface area (Å²) in [6.45, 7) is 5.04. The van der Waals surface area contributed by atoms with Crippen molar-refractivity contribution in [2.24, 2.45) is 0 Å². The lowest BCUT2D eigenvalue weighted by atomic mass is 10.2. The van der Waals surface area contributed by atoms with Crippen molar-refractivity contribution in [1.82, 2.24) is 19.7 Å². The molecule has 1 amide bonds. The van der Waals surface area contributed by atoms with E-state index in [0.29, 0.717) is 24.1 Å². The Bertz CT molecular complexity index is 946. The molecule has 0 spiro atoms. The first-order valence-electron chi connectivity index (χ1n) is 8.71. The number of halogens is 1. The highest BCUT2D eigenvalue weighted by molar-refractivity contribution is 9.10. The lowest BCUT2D eigenvalue weighted by Crippen LogP contribution is -2.15. The highest BCUT2D eigenvalue weighted by Crippen LogP contribution is 2.19. The number of anilines is 1. The predicted octanol–water partition coefficient (Wildman–Crippen LogP) is 4.07. The van der Waals surface area contributed by atoms with Gasteiger partial charge in [-0.25, -0.2) is 4.98 Å². The van der Waals surface area contributed by atoms with Gasteiger partial charge in [0.05, 0.1) is 5.75 Å². The number of amides is 1. The molecule has 0 fully saturated rings. The molecule has 0 aliphatic rings. The number of ether oxygens (including phenoxy) is 1. The summed E-state index contributed by atoms with van der Waals surface area (Å²) < 4.78 is 8.63. The molecule has 0 unspecified atom stereocenters. The highest BCUT2D eigenvalue weighted by Gasteiger charge is 2.14. The largest absolute Gasteiger partial charge is 0.486 e. The standard InChI is InChI=1S/C19H20BrN5O2S/c1-3-25-17(11-27-15-6-4-5-13(2)9-15)23-24-19(25)28-12-18(26)22-16-8-7-14(20)10-21-16/h4-10H,3,11-12H2,1-2H3,(H,21,22,26). The van der Waals surface area contributed by atoms with Gasteiger partial charge in [0.25, 0.3) is 0 Å². The van der Waals surface area contributed by atoms with E-state index in [1.807, 2.05) is 48.7 Å². The maximum absolute atomic E-state index is 12.2. The molecule has 146 valence electrons. The molecule has 1 N–H and O–H groups in total. The Balaban J connectivity index is 1.57. The smallest absolute Gasteiger partial charge is 0.236 e. The van der Waals surface area contributed by atoms with Gasteiger partial charge in [-0.3, -0.25) is 4.79 Å². The van der Waals surface area contributed by atoms with E-state index in [9.17, 15) is 4.79 Å². The van der Waals surface area contributed by atoms with E-state index in [0.717, 1.165) is 21.6 Å². The van der Waals surface area contributed by atoms with Crippen LogP contribution in [0.3, 0.4) is 0 Å². The SMILES string of the molecule is CCn1c(COc2cccc(C)c2)nnc1SCC(=O)Nc1ccc(Br)cn1. The van der Waals surface area contributed by atoms with Crippen LogP contribution in [0.5, 0.6) is 5.75 Å². The van der Waals surface area contributed by atoms with E-state index in [4.69, 9.17) is 4.74 Å². The van der Waals surface area contributed by atoms with Gasteiger partial charge in [-0.15, -0.1) is 10.2 Å². The molecule has 2 aromatic heterocycles. The van der Waals surface area contributed by atoms with Gasteiger partial charge in [-0.1, -0.05) is 23.9 Å². The monoisotopic (exact) mass is 461 g/mol. The maximum atomic E-state index is 12.2. The fourth-order valence-electron chi connectivity index (χ4n) is 2.46. The molecule has 7 nitrogen and oxygen atoms in total. The molecular weight excluding hydrogens is 442 g/mol. The number of aromatic nitrogens is 4. The van der Waals surface area contributed by atoms with Gasteiger partial charge < -0.3 is 14.6 Å². The maximum Gasteiger partial charge on any atom is 0.236 e. The van der Waals surface area contributed by atoms with Crippen LogP contribution in [0.1, 0.15) is 18.3 Å². The number of aryl methyl sites for hydroxylation is 1. The molecule has 28 heavy (non-hydrogen) atoms. The van der Waals surface area contributed by atoms with Crippen LogP contribution >= 0.6 is 27.7 Å². The number of pyridine rings is 1. The number of hydrogen-bond donors (Lipinski definition) is 1. The molecule has 0 aliphatic carbocycles. The van der Waals surface area contributed by atoms with E-state index < -0.39 is 0 Å². The quantitative estimate of drug-likeness (QED) is 0.509. The van der Waals surface area contributed by atoms with Crippen LogP contribution in [0.2, 0.25) is 0 Å². The van der Waals surface area contributed by atoms with Gasteiger partial charge in [0.15, 0.2) is 11.0 Å². The highest BCUT2D eigenvalue weighted by atomic mass is 79.9. The average molecular weight is 462 g/mol. The van der Waals surface area contributed by atoms with Crippen molar-refractivity contribution in [3.63, 3.8) is 0 Å². The number of nitrogens with zero attached hydrogens (tertiary/aromatic N) is 4. The third-order valence-electron chi connectivity index (χ3n) is 3.79. The van der Waals surface area contributed by atoms with Crippen molar-refractivity contribution < 1.29 is 9.53 Å². The van der Waals surface area contributed by atoms with Gasteiger partial charge in [0.1, 0.15) is 18.2 Å². The average Bonchev–Trinajstić information content (AvgIpc) is 3.08. The van der Waals surface area contributed by atoms with E-state index in [-0.39, 0.29) is 11.7 Å². The Hall–Kier alpha value is -2.39. The molecule has 0 atom stereocenters. The van der Waals surface area contributed by atoms with E-state index >= 15 is 0 Å². The van der Waals surface area contributed by atoms with Crippen LogP contribution in [0.15, 0.2) is 52.2 Å². The van der Waals surface area contributed by atoms with Crippen molar-refractivity contribution in [3.05, 3.63) is 58.5 Å².